The van der Waals surface area contributed by atoms with E-state index in [1.807, 2.05) is 19.1 Å². The molecule has 2 rings (SSSR count). The number of rotatable bonds is 8. The number of halogens is 3. The van der Waals surface area contributed by atoms with Crippen LogP contribution in [0, 0.1) is 10.7 Å². The van der Waals surface area contributed by atoms with Gasteiger partial charge in [0, 0.05) is 15.6 Å². The van der Waals surface area contributed by atoms with E-state index < -0.39 is 12.1 Å². The molecule has 8 heteroatoms. The van der Waals surface area contributed by atoms with Gasteiger partial charge in [-0.3, -0.25) is 4.79 Å². The second-order valence-electron chi connectivity index (χ2n) is 5.76. The maximum Gasteiger partial charge on any atom is 0.349 e. The summed E-state index contributed by atoms with van der Waals surface area (Å²) in [5, 5.41) is 12.6. The monoisotopic (exact) mass is 705 g/mol. The average Bonchev–Trinajstić information content (AvgIpc) is 2.63. The van der Waals surface area contributed by atoms with Gasteiger partial charge in [0.2, 0.25) is 12.0 Å². The molecular weight excluding hydrogens is 687 g/mol. The van der Waals surface area contributed by atoms with E-state index in [0.717, 1.165) is 20.0 Å². The van der Waals surface area contributed by atoms with Crippen LogP contribution in [-0.4, -0.2) is 17.0 Å². The van der Waals surface area contributed by atoms with Crippen LogP contribution in [0.15, 0.2) is 36.4 Å². The molecule has 1 unspecified atom stereocenters. The maximum atomic E-state index is 12.2. The highest BCUT2D eigenvalue weighted by Crippen LogP contribution is 2.39. The molecular formula is C19H18I3NO4. The molecule has 0 bridgehead atoms. The number of anilines is 1. The van der Waals surface area contributed by atoms with Crippen LogP contribution in [0.5, 0.6) is 5.75 Å². The normalized spacial score (nSPS) is 11.7. The third-order valence-electron chi connectivity index (χ3n) is 3.71. The molecule has 1 amide bonds. The minimum atomic E-state index is -1.13. The zero-order valence-electron chi connectivity index (χ0n) is 14.5. The predicted octanol–water partition coefficient (Wildman–Crippen LogP) is 5.83. The molecule has 27 heavy (non-hydrogen) atoms. The van der Waals surface area contributed by atoms with Crippen molar-refractivity contribution in [3.8, 4) is 5.75 Å². The summed E-state index contributed by atoms with van der Waals surface area (Å²) < 4.78 is 8.27. The molecule has 0 aliphatic rings. The Labute approximate surface area is 199 Å². The zero-order valence-corrected chi connectivity index (χ0v) is 20.9. The molecule has 2 aromatic carbocycles. The highest BCUT2D eigenvalue weighted by Gasteiger charge is 2.26. The van der Waals surface area contributed by atoms with Gasteiger partial charge >= 0.3 is 5.97 Å². The summed E-state index contributed by atoms with van der Waals surface area (Å²) in [4.78, 5) is 23.9. The maximum absolute atomic E-state index is 12.2. The summed E-state index contributed by atoms with van der Waals surface area (Å²) in [6.07, 6.45) is 1.09. The van der Waals surface area contributed by atoms with Crippen molar-refractivity contribution in [1.29, 1.82) is 0 Å². The van der Waals surface area contributed by atoms with Gasteiger partial charge < -0.3 is 15.2 Å². The van der Waals surface area contributed by atoms with Gasteiger partial charge in [0.25, 0.3) is 0 Å². The lowest BCUT2D eigenvalue weighted by molar-refractivity contribution is -0.145. The largest absolute Gasteiger partial charge is 0.478 e. The Morgan fingerprint density at radius 3 is 2.41 bits per heavy atom. The van der Waals surface area contributed by atoms with E-state index >= 15 is 0 Å². The minimum Gasteiger partial charge on any atom is -0.478 e. The van der Waals surface area contributed by atoms with Gasteiger partial charge in [0.15, 0.2) is 0 Å². The third-order valence-corrected chi connectivity index (χ3v) is 6.39. The van der Waals surface area contributed by atoms with Gasteiger partial charge in [-0.05, 0) is 80.3 Å². The van der Waals surface area contributed by atoms with Crippen molar-refractivity contribution in [2.24, 2.45) is 0 Å². The zero-order chi connectivity index (χ0) is 20.0. The molecule has 0 saturated heterocycles. The standard InChI is InChI=1S/C19H18I3NO4/c1-2-3-9-14(24)23-16-12(20)10-13(21)18(15(16)22)27-17(19(25)26)11-7-5-4-6-8-11/h4-8,10,17H,2-3,9H2,1H3,(H,23,24)(H,25,26). The Hall–Kier alpha value is -0.630. The fraction of sp³-hybridized carbons (Fsp3) is 0.263. The Morgan fingerprint density at radius 1 is 1.15 bits per heavy atom. The Kier molecular flexibility index (Phi) is 9.05. The highest BCUT2D eigenvalue weighted by molar-refractivity contribution is 14.1. The van der Waals surface area contributed by atoms with Crippen molar-refractivity contribution < 1.29 is 19.4 Å². The molecule has 1 atom stereocenters. The number of carboxylic acids is 1. The second-order valence-corrected chi connectivity index (χ2v) is 9.16. The van der Waals surface area contributed by atoms with E-state index in [1.165, 1.54) is 0 Å². The molecule has 0 spiro atoms. The van der Waals surface area contributed by atoms with Crippen LogP contribution in [0.3, 0.4) is 0 Å². The Balaban J connectivity index is 2.37. The number of carbonyl (C=O) groups is 2. The first kappa shape index (κ1) is 22.7. The van der Waals surface area contributed by atoms with Gasteiger partial charge in [-0.2, -0.15) is 0 Å². The number of hydrogen-bond acceptors (Lipinski definition) is 3. The quantitative estimate of drug-likeness (QED) is 0.339. The molecule has 0 saturated carbocycles. The van der Waals surface area contributed by atoms with Crippen molar-refractivity contribution in [3.63, 3.8) is 0 Å². The lowest BCUT2D eigenvalue weighted by Crippen LogP contribution is -2.20. The Bertz CT molecular complexity index is 827. The fourth-order valence-corrected chi connectivity index (χ4v) is 6.24. The van der Waals surface area contributed by atoms with Gasteiger partial charge in [-0.25, -0.2) is 4.79 Å². The number of benzene rings is 2. The van der Waals surface area contributed by atoms with Crippen LogP contribution >= 0.6 is 67.8 Å². The van der Waals surface area contributed by atoms with E-state index in [2.05, 4.69) is 73.1 Å². The molecule has 2 N–H and O–H groups in total. The second kappa shape index (κ2) is 10.8. The van der Waals surface area contributed by atoms with Crippen molar-refractivity contribution >= 4 is 85.3 Å². The first-order valence-corrected chi connectivity index (χ1v) is 11.5. The smallest absolute Gasteiger partial charge is 0.349 e. The predicted molar refractivity (Wildman–Crippen MR) is 130 cm³/mol. The van der Waals surface area contributed by atoms with Crippen LogP contribution in [0.4, 0.5) is 5.69 Å². The van der Waals surface area contributed by atoms with Crippen molar-refractivity contribution in [1.82, 2.24) is 0 Å². The number of carbonyl (C=O) groups excluding carboxylic acids is 1. The molecule has 2 aromatic rings. The molecule has 5 nitrogen and oxygen atoms in total. The molecule has 0 aliphatic heterocycles. The lowest BCUT2D eigenvalue weighted by Gasteiger charge is -2.20. The van der Waals surface area contributed by atoms with E-state index in [4.69, 9.17) is 4.74 Å². The number of carboxylic acid groups (broad SMARTS) is 1. The molecule has 144 valence electrons. The van der Waals surface area contributed by atoms with E-state index in [0.29, 0.717) is 27.0 Å². The fourth-order valence-electron chi connectivity index (χ4n) is 2.34. The van der Waals surface area contributed by atoms with Gasteiger partial charge in [0.05, 0.1) is 12.8 Å². The molecule has 0 heterocycles. The highest BCUT2D eigenvalue weighted by atomic mass is 127. The summed E-state index contributed by atoms with van der Waals surface area (Å²) in [5.74, 6) is -0.670. The van der Waals surface area contributed by atoms with Crippen LogP contribution in [0.1, 0.15) is 37.9 Å². The summed E-state index contributed by atoms with van der Waals surface area (Å²) in [7, 11) is 0. The first-order valence-electron chi connectivity index (χ1n) is 8.26. The number of ether oxygens (including phenoxy) is 1. The summed E-state index contributed by atoms with van der Waals surface area (Å²) in [6.45, 7) is 2.03. The molecule has 0 aliphatic carbocycles. The minimum absolute atomic E-state index is 0.0577. The van der Waals surface area contributed by atoms with Gasteiger partial charge in [0.1, 0.15) is 5.75 Å². The molecule has 0 aromatic heterocycles. The van der Waals surface area contributed by atoms with Crippen LogP contribution in [0.25, 0.3) is 0 Å². The van der Waals surface area contributed by atoms with Crippen molar-refractivity contribution in [2.75, 3.05) is 5.32 Å². The first-order chi connectivity index (χ1) is 12.8. The van der Waals surface area contributed by atoms with Crippen molar-refractivity contribution in [3.05, 3.63) is 52.7 Å². The van der Waals surface area contributed by atoms with E-state index in [-0.39, 0.29) is 5.91 Å². The SMILES string of the molecule is CCCCC(=O)Nc1c(I)cc(I)c(OC(C(=O)O)c2ccccc2)c1I. The topological polar surface area (TPSA) is 75.6 Å². The van der Waals surface area contributed by atoms with E-state index in [1.54, 1.807) is 24.3 Å². The van der Waals surface area contributed by atoms with Gasteiger partial charge in [-0.1, -0.05) is 43.7 Å². The van der Waals surface area contributed by atoms with Crippen molar-refractivity contribution in [2.45, 2.75) is 32.3 Å². The number of hydrogen-bond donors (Lipinski definition) is 2. The number of unbranched alkanes of at least 4 members (excludes halogenated alkanes) is 1. The van der Waals surface area contributed by atoms with Crippen LogP contribution in [-0.2, 0) is 9.59 Å². The molecule has 0 radical (unpaired) electrons. The summed E-state index contributed by atoms with van der Waals surface area (Å²) >= 11 is 6.38. The van der Waals surface area contributed by atoms with Crippen LogP contribution < -0.4 is 10.1 Å². The number of amides is 1. The average molecular weight is 705 g/mol. The van der Waals surface area contributed by atoms with Gasteiger partial charge in [-0.15, -0.1) is 0 Å². The third kappa shape index (κ3) is 6.17. The van der Waals surface area contributed by atoms with Crippen LogP contribution in [0.2, 0.25) is 0 Å². The summed E-state index contributed by atoms with van der Waals surface area (Å²) in [6, 6.07) is 10.7. The molecule has 0 fully saturated rings. The Morgan fingerprint density at radius 2 is 1.81 bits per heavy atom. The lowest BCUT2D eigenvalue weighted by atomic mass is 10.1. The summed E-state index contributed by atoms with van der Waals surface area (Å²) in [5.41, 5.74) is 1.22. The van der Waals surface area contributed by atoms with E-state index in [9.17, 15) is 14.7 Å². The number of nitrogens with one attached hydrogen (secondary N) is 1. The number of aliphatic carboxylic acids is 1.